The molecule has 0 saturated heterocycles. The number of hydrogen-bond acceptors (Lipinski definition) is 1. The molecule has 0 aliphatic rings. The van der Waals surface area contributed by atoms with Crippen LogP contribution in [0, 0.1) is 0 Å². The normalized spacial score (nSPS) is 14.4. The van der Waals surface area contributed by atoms with Crippen molar-refractivity contribution in [3.8, 4) is 0 Å². The quantitative estimate of drug-likeness (QED) is 0.734. The van der Waals surface area contributed by atoms with Crippen LogP contribution in [-0.4, -0.2) is 15.2 Å². The molecule has 0 aromatic heterocycles. The van der Waals surface area contributed by atoms with Crippen LogP contribution in [-0.2, 0) is 11.0 Å². The van der Waals surface area contributed by atoms with Crippen molar-refractivity contribution in [3.05, 3.63) is 34.9 Å². The highest BCUT2D eigenvalue weighted by molar-refractivity contribution is 7.85. The molecule has 0 bridgehead atoms. The maximum absolute atomic E-state index is 11.6. The monoisotopic (exact) mass is 243 g/mol. The fourth-order valence-corrected chi connectivity index (χ4v) is 1.48. The van der Waals surface area contributed by atoms with E-state index in [1.165, 1.54) is 0 Å². The molecule has 82 valence electrons. The van der Waals surface area contributed by atoms with Gasteiger partial charge in [-0.2, -0.15) is 4.40 Å². The van der Waals surface area contributed by atoms with Crippen molar-refractivity contribution >= 4 is 28.8 Å². The molecule has 0 spiro atoms. The van der Waals surface area contributed by atoms with Gasteiger partial charge in [-0.15, -0.1) is 0 Å². The molecule has 0 radical (unpaired) electrons. The highest BCUT2D eigenvalue weighted by Crippen LogP contribution is 2.13. The van der Waals surface area contributed by atoms with Gasteiger partial charge in [-0.05, 0) is 38.5 Å². The topological polar surface area (TPSA) is 29.4 Å². The Bertz CT molecular complexity index is 379. The van der Waals surface area contributed by atoms with Crippen LogP contribution >= 0.6 is 11.6 Å². The molecule has 0 aliphatic carbocycles. The lowest BCUT2D eigenvalue weighted by molar-refractivity contribution is 0.651. The van der Waals surface area contributed by atoms with Crippen molar-refractivity contribution in [1.82, 2.24) is 0 Å². The van der Waals surface area contributed by atoms with Gasteiger partial charge in [0.2, 0.25) is 0 Å². The van der Waals surface area contributed by atoms with E-state index in [1.54, 1.807) is 18.3 Å². The first kappa shape index (κ1) is 12.4. The predicted molar refractivity (Wildman–Crippen MR) is 66.9 cm³/mol. The van der Waals surface area contributed by atoms with Crippen LogP contribution in [0.5, 0.6) is 0 Å². The van der Waals surface area contributed by atoms with E-state index in [2.05, 4.69) is 4.40 Å². The third-order valence-electron chi connectivity index (χ3n) is 1.69. The summed E-state index contributed by atoms with van der Waals surface area (Å²) in [4.78, 5) is 0. The van der Waals surface area contributed by atoms with Crippen molar-refractivity contribution in [2.24, 2.45) is 4.40 Å². The molecular weight excluding hydrogens is 230 g/mol. The zero-order valence-corrected chi connectivity index (χ0v) is 10.6. The summed E-state index contributed by atoms with van der Waals surface area (Å²) in [5.41, 5.74) is 0.900. The molecule has 15 heavy (non-hydrogen) atoms. The molecule has 0 heterocycles. The number of rotatable bonds is 2. The molecule has 0 N–H and O–H groups in total. The lowest BCUT2D eigenvalue weighted by Gasteiger charge is -2.12. The number of nitrogens with zero attached hydrogens (tertiary/aromatic N) is 1. The molecule has 4 heteroatoms. The zero-order chi connectivity index (χ0) is 11.5. The second kappa shape index (κ2) is 4.90. The Balaban J connectivity index is 2.74. The minimum Gasteiger partial charge on any atom is -0.234 e. The van der Waals surface area contributed by atoms with Gasteiger partial charge in [-0.3, -0.25) is 0 Å². The predicted octanol–water partition coefficient (Wildman–Crippen LogP) is 3.22. The Hall–Kier alpha value is -0.670. The second-order valence-electron chi connectivity index (χ2n) is 4.15. The summed E-state index contributed by atoms with van der Waals surface area (Å²) < 4.78 is 15.3. The van der Waals surface area contributed by atoms with E-state index in [4.69, 9.17) is 11.6 Å². The van der Waals surface area contributed by atoms with E-state index < -0.39 is 11.0 Å². The highest BCUT2D eigenvalue weighted by Gasteiger charge is 2.17. The van der Waals surface area contributed by atoms with Gasteiger partial charge in [-0.25, -0.2) is 4.21 Å². The van der Waals surface area contributed by atoms with Crippen molar-refractivity contribution in [2.75, 3.05) is 0 Å². The van der Waals surface area contributed by atoms with Crippen LogP contribution in [0.2, 0.25) is 5.02 Å². The summed E-state index contributed by atoms with van der Waals surface area (Å²) in [6, 6.07) is 7.24. The summed E-state index contributed by atoms with van der Waals surface area (Å²) in [5.74, 6) is 0. The van der Waals surface area contributed by atoms with E-state index >= 15 is 0 Å². The van der Waals surface area contributed by atoms with Gasteiger partial charge >= 0.3 is 0 Å². The molecule has 0 amide bonds. The molecule has 2 nitrogen and oxygen atoms in total. The smallest absolute Gasteiger partial charge is 0.144 e. The third-order valence-corrected chi connectivity index (χ3v) is 3.29. The van der Waals surface area contributed by atoms with E-state index in [0.717, 1.165) is 5.56 Å². The average Bonchev–Trinajstić information content (AvgIpc) is 2.15. The lowest BCUT2D eigenvalue weighted by atomic mass is 10.2. The molecule has 1 rings (SSSR count). The third kappa shape index (κ3) is 4.14. The second-order valence-corrected chi connectivity index (χ2v) is 6.52. The Morgan fingerprint density at radius 2 is 1.80 bits per heavy atom. The zero-order valence-electron chi connectivity index (χ0n) is 9.03. The first-order chi connectivity index (χ1) is 6.89. The first-order valence-electron chi connectivity index (χ1n) is 4.61. The van der Waals surface area contributed by atoms with Gasteiger partial charge in [0.1, 0.15) is 11.0 Å². The number of hydrogen-bond donors (Lipinski definition) is 0. The van der Waals surface area contributed by atoms with Gasteiger partial charge in [0.15, 0.2) is 0 Å². The molecule has 0 unspecified atom stereocenters. The van der Waals surface area contributed by atoms with Crippen molar-refractivity contribution in [2.45, 2.75) is 25.5 Å². The molecule has 0 fully saturated rings. The van der Waals surface area contributed by atoms with Crippen LogP contribution in [0.25, 0.3) is 0 Å². The fraction of sp³-hybridized carbons (Fsp3) is 0.364. The minimum atomic E-state index is -1.21. The molecule has 1 aromatic rings. The Kier molecular flexibility index (Phi) is 4.05. The van der Waals surface area contributed by atoms with Crippen molar-refractivity contribution in [3.63, 3.8) is 0 Å². The van der Waals surface area contributed by atoms with Crippen LogP contribution < -0.4 is 0 Å². The summed E-state index contributed by atoms with van der Waals surface area (Å²) in [6.07, 6.45) is 1.61. The lowest BCUT2D eigenvalue weighted by Crippen LogP contribution is -2.19. The van der Waals surface area contributed by atoms with Crippen LogP contribution in [0.1, 0.15) is 26.3 Å². The van der Waals surface area contributed by atoms with E-state index in [0.29, 0.717) is 5.02 Å². The standard InChI is InChI=1S/C11H14ClNOS/c1-11(2,3)15(14)13-8-9-4-6-10(12)7-5-9/h4-8H,1-3H3/b13-8+/t15-/m1/s1. The van der Waals surface area contributed by atoms with Crippen LogP contribution in [0.3, 0.4) is 0 Å². The maximum atomic E-state index is 11.6. The average molecular weight is 244 g/mol. The fourth-order valence-electron chi connectivity index (χ4n) is 0.816. The Labute approximate surface area is 98.0 Å². The molecular formula is C11H14ClNOS. The van der Waals surface area contributed by atoms with Crippen molar-refractivity contribution < 1.29 is 4.21 Å². The van der Waals surface area contributed by atoms with Gasteiger partial charge in [-0.1, -0.05) is 23.7 Å². The minimum absolute atomic E-state index is 0.317. The largest absolute Gasteiger partial charge is 0.234 e. The van der Waals surface area contributed by atoms with Crippen molar-refractivity contribution in [1.29, 1.82) is 0 Å². The summed E-state index contributed by atoms with van der Waals surface area (Å²) >= 11 is 5.74. The van der Waals surface area contributed by atoms with E-state index in [9.17, 15) is 4.21 Å². The SMILES string of the molecule is CC(C)(C)[S@@](=O)/N=C/c1ccc(Cl)cc1. The van der Waals surface area contributed by atoms with E-state index in [1.807, 2.05) is 32.9 Å². The van der Waals surface area contributed by atoms with Crippen LogP contribution in [0.15, 0.2) is 28.7 Å². The number of halogens is 1. The van der Waals surface area contributed by atoms with Crippen LogP contribution in [0.4, 0.5) is 0 Å². The van der Waals surface area contributed by atoms with Gasteiger partial charge in [0.05, 0.1) is 4.75 Å². The summed E-state index contributed by atoms with van der Waals surface area (Å²) in [7, 11) is -1.21. The van der Waals surface area contributed by atoms with Gasteiger partial charge in [0, 0.05) is 11.2 Å². The molecule has 0 saturated carbocycles. The highest BCUT2D eigenvalue weighted by atomic mass is 35.5. The van der Waals surface area contributed by atoms with E-state index in [-0.39, 0.29) is 4.75 Å². The maximum Gasteiger partial charge on any atom is 0.144 e. The Morgan fingerprint density at radius 3 is 2.27 bits per heavy atom. The molecule has 1 atom stereocenters. The summed E-state index contributed by atoms with van der Waals surface area (Å²) in [5, 5.41) is 0.684. The van der Waals surface area contributed by atoms with Gasteiger partial charge in [0.25, 0.3) is 0 Å². The molecule has 0 aliphatic heterocycles. The molecule has 1 aromatic carbocycles. The Morgan fingerprint density at radius 1 is 1.27 bits per heavy atom. The van der Waals surface area contributed by atoms with Gasteiger partial charge < -0.3 is 0 Å². The summed E-state index contributed by atoms with van der Waals surface area (Å²) in [6.45, 7) is 5.67. The first-order valence-corrected chi connectivity index (χ1v) is 6.10. The number of benzene rings is 1.